The van der Waals surface area contributed by atoms with Crippen molar-refractivity contribution in [1.82, 2.24) is 5.32 Å². The lowest BCUT2D eigenvalue weighted by Gasteiger charge is -2.34. The lowest BCUT2D eigenvalue weighted by Crippen LogP contribution is -2.55. The van der Waals surface area contributed by atoms with E-state index >= 15 is 0 Å². The van der Waals surface area contributed by atoms with Crippen LogP contribution in [0.2, 0.25) is 5.02 Å². The molecule has 0 bridgehead atoms. The summed E-state index contributed by atoms with van der Waals surface area (Å²) < 4.78 is 22.4. The number of carbonyl (C=O) groups excluding carboxylic acids is 3. The average Bonchev–Trinajstić information content (AvgIpc) is 3.33. The number of nitrogens with one attached hydrogen (secondary N) is 1. The standard InChI is InChI=1S/C28H31ClN4O8/c1-14(2)10-18(21-12-15-6-5-9-20(34)23(15)28(37)39-21)31-26(35)25(24-19(32-33-30)13-22(38-3)40-24)41-27(36)16-7-4-8-17(29)11-16/h4-9,11,14,18-19,21-22,24-25,34H,10,12-13H2,1-3H3,(H,31,35)/t18-,19+,21-,22+,24+,25+/m0/s1. The largest absolute Gasteiger partial charge is 0.507 e. The van der Waals surface area contributed by atoms with Gasteiger partial charge in [0, 0.05) is 29.9 Å². The van der Waals surface area contributed by atoms with E-state index in [9.17, 15) is 19.5 Å². The number of benzene rings is 2. The van der Waals surface area contributed by atoms with Gasteiger partial charge in [0.25, 0.3) is 5.91 Å². The number of azide groups is 1. The van der Waals surface area contributed by atoms with E-state index in [2.05, 4.69) is 15.3 Å². The summed E-state index contributed by atoms with van der Waals surface area (Å²) in [7, 11) is 1.40. The molecule has 2 N–H and O–H groups in total. The summed E-state index contributed by atoms with van der Waals surface area (Å²) in [5.41, 5.74) is 9.91. The number of esters is 2. The van der Waals surface area contributed by atoms with Gasteiger partial charge in [-0.05, 0) is 47.7 Å². The summed E-state index contributed by atoms with van der Waals surface area (Å²) in [6.45, 7) is 3.89. The third-order valence-corrected chi connectivity index (χ3v) is 7.19. The molecule has 2 aliphatic heterocycles. The summed E-state index contributed by atoms with van der Waals surface area (Å²) in [6, 6.07) is 9.22. The van der Waals surface area contributed by atoms with E-state index < -0.39 is 54.5 Å². The molecule has 12 nitrogen and oxygen atoms in total. The monoisotopic (exact) mass is 586 g/mol. The van der Waals surface area contributed by atoms with Crippen LogP contribution >= 0.6 is 11.6 Å². The van der Waals surface area contributed by atoms with E-state index in [0.29, 0.717) is 17.0 Å². The van der Waals surface area contributed by atoms with Crippen LogP contribution in [0.15, 0.2) is 47.6 Å². The Hall–Kier alpha value is -3.83. The Kier molecular flexibility index (Phi) is 9.72. The molecule has 1 fully saturated rings. The minimum atomic E-state index is -1.55. The third-order valence-electron chi connectivity index (χ3n) is 6.95. The summed E-state index contributed by atoms with van der Waals surface area (Å²) in [4.78, 5) is 42.6. The third kappa shape index (κ3) is 7.09. The Morgan fingerprint density at radius 2 is 2.02 bits per heavy atom. The molecule has 2 aromatic rings. The number of hydrogen-bond acceptors (Lipinski definition) is 9. The van der Waals surface area contributed by atoms with Gasteiger partial charge in [0.1, 0.15) is 23.5 Å². The summed E-state index contributed by atoms with van der Waals surface area (Å²) in [5, 5.41) is 17.1. The molecule has 218 valence electrons. The van der Waals surface area contributed by atoms with Crippen LogP contribution in [0.25, 0.3) is 10.4 Å². The maximum atomic E-state index is 13.9. The van der Waals surface area contributed by atoms with Crippen LogP contribution in [0.4, 0.5) is 0 Å². The second kappa shape index (κ2) is 13.2. The number of amides is 1. The number of ether oxygens (including phenoxy) is 4. The van der Waals surface area contributed by atoms with E-state index in [1.807, 2.05) is 13.8 Å². The number of phenolic OH excluding ortho intramolecular Hbond substituents is 1. The molecular weight excluding hydrogens is 556 g/mol. The van der Waals surface area contributed by atoms with E-state index in [4.69, 9.17) is 36.1 Å². The second-order valence-corrected chi connectivity index (χ2v) is 10.8. The van der Waals surface area contributed by atoms with Crippen LogP contribution in [0.3, 0.4) is 0 Å². The number of nitrogens with zero attached hydrogens (tertiary/aromatic N) is 3. The predicted octanol–water partition coefficient (Wildman–Crippen LogP) is 4.32. The van der Waals surface area contributed by atoms with Crippen molar-refractivity contribution in [3.63, 3.8) is 0 Å². The SMILES string of the molecule is CO[C@H]1C[C@@H](N=[N+]=[N-])[C@H]([C@@H](OC(=O)c2cccc(Cl)c2)C(=O)N[C@@H](CC(C)C)[C@@H]2Cc3cccc(O)c3C(=O)O2)O1. The lowest BCUT2D eigenvalue weighted by molar-refractivity contribution is -0.157. The van der Waals surface area contributed by atoms with Crippen molar-refractivity contribution < 1.29 is 38.4 Å². The van der Waals surface area contributed by atoms with E-state index in [1.54, 1.807) is 24.3 Å². The number of phenols is 1. The highest BCUT2D eigenvalue weighted by atomic mass is 35.5. The van der Waals surface area contributed by atoms with Gasteiger partial charge in [-0.25, -0.2) is 9.59 Å². The maximum absolute atomic E-state index is 13.9. The van der Waals surface area contributed by atoms with Gasteiger partial charge in [-0.2, -0.15) is 0 Å². The highest BCUT2D eigenvalue weighted by Gasteiger charge is 2.46. The summed E-state index contributed by atoms with van der Waals surface area (Å²) in [5.74, 6) is -2.38. The molecular formula is C28H31ClN4O8. The average molecular weight is 587 g/mol. The molecule has 0 aliphatic carbocycles. The first-order valence-corrected chi connectivity index (χ1v) is 13.5. The van der Waals surface area contributed by atoms with E-state index in [1.165, 1.54) is 25.3 Å². The zero-order valence-corrected chi connectivity index (χ0v) is 23.5. The van der Waals surface area contributed by atoms with Gasteiger partial charge in [-0.15, -0.1) is 0 Å². The summed E-state index contributed by atoms with van der Waals surface area (Å²) in [6.07, 6.45) is -3.49. The number of cyclic esters (lactones) is 1. The van der Waals surface area contributed by atoms with E-state index in [0.717, 1.165) is 0 Å². The number of aromatic hydroxyl groups is 1. The molecule has 41 heavy (non-hydrogen) atoms. The van der Waals surface area contributed by atoms with Crippen molar-refractivity contribution in [1.29, 1.82) is 0 Å². The van der Waals surface area contributed by atoms with Crippen LogP contribution in [0, 0.1) is 5.92 Å². The molecule has 13 heteroatoms. The zero-order valence-electron chi connectivity index (χ0n) is 22.7. The molecule has 6 atom stereocenters. The van der Waals surface area contributed by atoms with Crippen LogP contribution in [-0.4, -0.2) is 66.7 Å². The fraction of sp³-hybridized carbons (Fsp3) is 0.464. The van der Waals surface area contributed by atoms with Crippen molar-refractivity contribution in [2.75, 3.05) is 7.11 Å². The topological polar surface area (TPSA) is 169 Å². The Labute approximate surface area is 241 Å². The van der Waals surface area contributed by atoms with Gasteiger partial charge in [-0.3, -0.25) is 4.79 Å². The Bertz CT molecular complexity index is 1350. The molecule has 1 saturated heterocycles. The number of fused-ring (bicyclic) bond motifs is 1. The van der Waals surface area contributed by atoms with Crippen LogP contribution in [-0.2, 0) is 30.2 Å². The molecule has 0 spiro atoms. The number of halogens is 1. The first-order valence-electron chi connectivity index (χ1n) is 13.1. The van der Waals surface area contributed by atoms with E-state index in [-0.39, 0.29) is 35.6 Å². The van der Waals surface area contributed by atoms with Crippen molar-refractivity contribution in [2.24, 2.45) is 11.0 Å². The zero-order chi connectivity index (χ0) is 29.7. The summed E-state index contributed by atoms with van der Waals surface area (Å²) >= 11 is 6.04. The first kappa shape index (κ1) is 30.1. The normalized spacial score (nSPS) is 23.1. The Morgan fingerprint density at radius 3 is 2.71 bits per heavy atom. The Balaban J connectivity index is 1.63. The molecule has 2 aliphatic rings. The number of carbonyl (C=O) groups is 3. The minimum Gasteiger partial charge on any atom is -0.507 e. The van der Waals surface area contributed by atoms with Gasteiger partial charge in [0.15, 0.2) is 6.29 Å². The second-order valence-electron chi connectivity index (χ2n) is 10.3. The van der Waals surface area contributed by atoms with Crippen LogP contribution in [0.5, 0.6) is 5.75 Å². The van der Waals surface area contributed by atoms with Gasteiger partial charge in [-0.1, -0.05) is 48.8 Å². The van der Waals surface area contributed by atoms with Crippen LogP contribution in [0.1, 0.15) is 53.0 Å². The first-order chi connectivity index (χ1) is 19.6. The molecule has 0 unspecified atom stereocenters. The molecule has 0 aromatic heterocycles. The number of methoxy groups -OCH3 is 1. The lowest BCUT2D eigenvalue weighted by atomic mass is 9.90. The van der Waals surface area contributed by atoms with Crippen molar-refractivity contribution in [3.8, 4) is 5.75 Å². The van der Waals surface area contributed by atoms with Crippen LogP contribution < -0.4 is 5.32 Å². The van der Waals surface area contributed by atoms with Crippen molar-refractivity contribution in [3.05, 3.63) is 74.6 Å². The van der Waals surface area contributed by atoms with Crippen molar-refractivity contribution in [2.45, 2.75) is 69.8 Å². The minimum absolute atomic E-state index is 0.0774. The quantitative estimate of drug-likeness (QED) is 0.179. The molecule has 0 radical (unpaired) electrons. The molecule has 0 saturated carbocycles. The van der Waals surface area contributed by atoms with Gasteiger partial charge < -0.3 is 29.4 Å². The predicted molar refractivity (Wildman–Crippen MR) is 146 cm³/mol. The highest BCUT2D eigenvalue weighted by Crippen LogP contribution is 2.32. The van der Waals surface area contributed by atoms with Gasteiger partial charge in [0.05, 0.1) is 17.6 Å². The van der Waals surface area contributed by atoms with Gasteiger partial charge in [0.2, 0.25) is 6.10 Å². The number of rotatable bonds is 10. The highest BCUT2D eigenvalue weighted by molar-refractivity contribution is 6.30. The van der Waals surface area contributed by atoms with Gasteiger partial charge >= 0.3 is 11.9 Å². The van der Waals surface area contributed by atoms with Crippen molar-refractivity contribution >= 4 is 29.4 Å². The molecule has 4 rings (SSSR count). The Morgan fingerprint density at radius 1 is 1.27 bits per heavy atom. The fourth-order valence-electron chi connectivity index (χ4n) is 5.07. The molecule has 2 aromatic carbocycles. The number of hydrogen-bond donors (Lipinski definition) is 2. The maximum Gasteiger partial charge on any atom is 0.342 e. The fourth-order valence-corrected chi connectivity index (χ4v) is 5.26. The molecule has 1 amide bonds. The molecule has 2 heterocycles. The smallest absolute Gasteiger partial charge is 0.342 e.